The van der Waals surface area contributed by atoms with Crippen LogP contribution in [0.25, 0.3) is 11.3 Å². The van der Waals surface area contributed by atoms with Crippen LogP contribution in [0.1, 0.15) is 11.4 Å². The lowest BCUT2D eigenvalue weighted by molar-refractivity contribution is 0.630. The summed E-state index contributed by atoms with van der Waals surface area (Å²) in [7, 11) is 0. The highest BCUT2D eigenvalue weighted by Crippen LogP contribution is 2.23. The number of hydrogen-bond acceptors (Lipinski definition) is 2. The number of aryl methyl sites for hydroxylation is 2. The van der Waals surface area contributed by atoms with Gasteiger partial charge in [-0.3, -0.25) is 0 Å². The van der Waals surface area contributed by atoms with Crippen LogP contribution in [-0.4, -0.2) is 9.97 Å². The van der Waals surface area contributed by atoms with Crippen molar-refractivity contribution in [3.05, 3.63) is 46.6 Å². The van der Waals surface area contributed by atoms with E-state index in [9.17, 15) is 4.39 Å². The van der Waals surface area contributed by atoms with Gasteiger partial charge in [0.1, 0.15) is 16.8 Å². The number of aromatic nitrogens is 2. The van der Waals surface area contributed by atoms with Crippen molar-refractivity contribution < 1.29 is 4.39 Å². The number of hydrogen-bond donors (Lipinski definition) is 0. The van der Waals surface area contributed by atoms with Crippen LogP contribution in [0.5, 0.6) is 0 Å². The molecule has 0 amide bonds. The van der Waals surface area contributed by atoms with E-state index in [-0.39, 0.29) is 5.82 Å². The number of benzene rings is 1. The molecule has 0 radical (unpaired) electrons. The van der Waals surface area contributed by atoms with Gasteiger partial charge in [-0.05, 0) is 26.0 Å². The molecule has 0 unspecified atom stereocenters. The van der Waals surface area contributed by atoms with Crippen LogP contribution in [0.2, 0.25) is 5.15 Å². The molecule has 2 rings (SSSR count). The molecule has 0 atom stereocenters. The first-order valence-electron chi connectivity index (χ1n) is 4.84. The topological polar surface area (TPSA) is 25.8 Å². The Balaban J connectivity index is 2.62. The second kappa shape index (κ2) is 4.18. The van der Waals surface area contributed by atoms with Crippen molar-refractivity contribution >= 4 is 11.6 Å². The maximum atomic E-state index is 13.6. The molecular formula is C12H10ClFN2. The van der Waals surface area contributed by atoms with E-state index in [2.05, 4.69) is 9.97 Å². The van der Waals surface area contributed by atoms with Gasteiger partial charge in [0.05, 0.1) is 5.69 Å². The highest BCUT2D eigenvalue weighted by molar-refractivity contribution is 6.29. The third-order valence-electron chi connectivity index (χ3n) is 2.20. The van der Waals surface area contributed by atoms with Crippen LogP contribution in [0.4, 0.5) is 4.39 Å². The third-order valence-corrected chi connectivity index (χ3v) is 2.40. The van der Waals surface area contributed by atoms with Gasteiger partial charge in [0, 0.05) is 11.6 Å². The summed E-state index contributed by atoms with van der Waals surface area (Å²) < 4.78 is 13.6. The van der Waals surface area contributed by atoms with Gasteiger partial charge < -0.3 is 0 Å². The van der Waals surface area contributed by atoms with Gasteiger partial charge in [-0.25, -0.2) is 14.4 Å². The fourth-order valence-corrected chi connectivity index (χ4v) is 1.73. The van der Waals surface area contributed by atoms with Crippen molar-refractivity contribution in [2.24, 2.45) is 0 Å². The first-order chi connectivity index (χ1) is 7.56. The van der Waals surface area contributed by atoms with Crippen molar-refractivity contribution in [2.75, 3.05) is 0 Å². The predicted molar refractivity (Wildman–Crippen MR) is 61.9 cm³/mol. The molecule has 16 heavy (non-hydrogen) atoms. The highest BCUT2D eigenvalue weighted by Gasteiger charge is 2.08. The van der Waals surface area contributed by atoms with Crippen LogP contribution in [0.3, 0.4) is 0 Å². The van der Waals surface area contributed by atoms with Gasteiger partial charge in [0.15, 0.2) is 0 Å². The van der Waals surface area contributed by atoms with Crippen molar-refractivity contribution in [2.45, 2.75) is 13.8 Å². The zero-order valence-electron chi connectivity index (χ0n) is 8.96. The summed E-state index contributed by atoms with van der Waals surface area (Å²) in [5.74, 6) is 0.225. The minimum absolute atomic E-state index is 0.306. The third kappa shape index (κ3) is 2.19. The van der Waals surface area contributed by atoms with E-state index in [1.807, 2.05) is 6.92 Å². The Kier molecular flexibility index (Phi) is 2.88. The van der Waals surface area contributed by atoms with Crippen molar-refractivity contribution in [1.29, 1.82) is 0 Å². The molecule has 0 fully saturated rings. The first-order valence-corrected chi connectivity index (χ1v) is 5.22. The molecular weight excluding hydrogens is 227 g/mol. The summed E-state index contributed by atoms with van der Waals surface area (Å²) in [6, 6.07) is 6.45. The van der Waals surface area contributed by atoms with Gasteiger partial charge in [-0.2, -0.15) is 0 Å². The van der Waals surface area contributed by atoms with Gasteiger partial charge in [0.2, 0.25) is 0 Å². The molecule has 2 aromatic rings. The molecule has 1 aromatic carbocycles. The molecule has 1 heterocycles. The summed E-state index contributed by atoms with van der Waals surface area (Å²) in [6.07, 6.45) is 0. The number of rotatable bonds is 1. The quantitative estimate of drug-likeness (QED) is 0.708. The molecule has 1 aromatic heterocycles. The lowest BCUT2D eigenvalue weighted by Gasteiger charge is -2.05. The maximum absolute atomic E-state index is 13.6. The largest absolute Gasteiger partial charge is 0.233 e. The molecule has 0 aliphatic carbocycles. The van der Waals surface area contributed by atoms with E-state index in [0.717, 1.165) is 5.56 Å². The molecule has 2 nitrogen and oxygen atoms in total. The smallest absolute Gasteiger partial charge is 0.133 e. The Morgan fingerprint density at radius 3 is 2.56 bits per heavy atom. The SMILES string of the molecule is Cc1ccc(F)c(-c2cc(Cl)nc(C)n2)c1. The summed E-state index contributed by atoms with van der Waals surface area (Å²) in [4.78, 5) is 8.11. The molecule has 0 aliphatic heterocycles. The molecule has 4 heteroatoms. The zero-order chi connectivity index (χ0) is 11.7. The fraction of sp³-hybridized carbons (Fsp3) is 0.167. The van der Waals surface area contributed by atoms with Crippen LogP contribution in [-0.2, 0) is 0 Å². The molecule has 82 valence electrons. The predicted octanol–water partition coefficient (Wildman–Crippen LogP) is 3.55. The van der Waals surface area contributed by atoms with Crippen LogP contribution >= 0.6 is 11.6 Å². The van der Waals surface area contributed by atoms with Crippen LogP contribution < -0.4 is 0 Å². The normalized spacial score (nSPS) is 10.5. The average molecular weight is 237 g/mol. The first kappa shape index (κ1) is 11.0. The molecule has 0 aliphatic rings. The van der Waals surface area contributed by atoms with Crippen molar-refractivity contribution in [3.8, 4) is 11.3 Å². The van der Waals surface area contributed by atoms with Crippen molar-refractivity contribution in [1.82, 2.24) is 9.97 Å². The Morgan fingerprint density at radius 1 is 1.12 bits per heavy atom. The van der Waals surface area contributed by atoms with E-state index in [4.69, 9.17) is 11.6 Å². The Hall–Kier alpha value is -1.48. The molecule has 0 spiro atoms. The van der Waals surface area contributed by atoms with Gasteiger partial charge >= 0.3 is 0 Å². The fourth-order valence-electron chi connectivity index (χ4n) is 1.50. The summed E-state index contributed by atoms with van der Waals surface area (Å²) in [5.41, 5.74) is 1.94. The van der Waals surface area contributed by atoms with Gasteiger partial charge in [-0.1, -0.05) is 23.2 Å². The van der Waals surface area contributed by atoms with E-state index in [1.165, 1.54) is 6.07 Å². The number of halogens is 2. The Labute approximate surface area is 98.1 Å². The monoisotopic (exact) mass is 236 g/mol. The molecule has 0 bridgehead atoms. The molecule has 0 N–H and O–H groups in total. The Morgan fingerprint density at radius 2 is 1.88 bits per heavy atom. The average Bonchev–Trinajstić information content (AvgIpc) is 2.20. The zero-order valence-corrected chi connectivity index (χ0v) is 9.72. The highest BCUT2D eigenvalue weighted by atomic mass is 35.5. The van der Waals surface area contributed by atoms with Gasteiger partial charge in [-0.15, -0.1) is 0 Å². The van der Waals surface area contributed by atoms with Crippen LogP contribution in [0, 0.1) is 19.7 Å². The second-order valence-corrected chi connectivity index (χ2v) is 3.99. The van der Waals surface area contributed by atoms with E-state index in [1.54, 1.807) is 25.1 Å². The lowest BCUT2D eigenvalue weighted by Crippen LogP contribution is -1.94. The Bertz CT molecular complexity index is 520. The number of nitrogens with zero attached hydrogens (tertiary/aromatic N) is 2. The van der Waals surface area contributed by atoms with E-state index < -0.39 is 0 Å². The summed E-state index contributed by atoms with van der Waals surface area (Å²) in [6.45, 7) is 3.63. The standard InChI is InChI=1S/C12H10ClFN2/c1-7-3-4-10(14)9(5-7)11-6-12(13)16-8(2)15-11/h3-6H,1-2H3. The molecule has 0 saturated heterocycles. The lowest BCUT2D eigenvalue weighted by atomic mass is 10.1. The van der Waals surface area contributed by atoms with Crippen molar-refractivity contribution in [3.63, 3.8) is 0 Å². The van der Waals surface area contributed by atoms with Gasteiger partial charge in [0.25, 0.3) is 0 Å². The second-order valence-electron chi connectivity index (χ2n) is 3.61. The molecule has 0 saturated carbocycles. The van der Waals surface area contributed by atoms with E-state index in [0.29, 0.717) is 22.2 Å². The summed E-state index contributed by atoms with van der Waals surface area (Å²) >= 11 is 5.82. The summed E-state index contributed by atoms with van der Waals surface area (Å²) in [5, 5.41) is 0.323. The minimum Gasteiger partial charge on any atom is -0.233 e. The maximum Gasteiger partial charge on any atom is 0.133 e. The minimum atomic E-state index is -0.306. The van der Waals surface area contributed by atoms with E-state index >= 15 is 0 Å². The van der Waals surface area contributed by atoms with Crippen LogP contribution in [0.15, 0.2) is 24.3 Å².